The van der Waals surface area contributed by atoms with E-state index in [4.69, 9.17) is 0 Å². The number of aromatic nitrogens is 1. The van der Waals surface area contributed by atoms with Crippen molar-refractivity contribution in [2.45, 2.75) is 24.9 Å². The number of hydrogen-bond donors (Lipinski definition) is 2. The Labute approximate surface area is 130 Å². The molecule has 3 nitrogen and oxygen atoms in total. The topological polar surface area (TPSA) is 39.3 Å². The van der Waals surface area contributed by atoms with Crippen LogP contribution in [0.2, 0.25) is 0 Å². The average molecular weight is 304 g/mol. The number of fused-ring (bicyclic) bond motifs is 1. The Kier molecular flexibility index (Phi) is 4.29. The van der Waals surface area contributed by atoms with Gasteiger partial charge in [-0.3, -0.25) is 0 Å². The Morgan fingerprint density at radius 1 is 1.29 bits per heavy atom. The maximum atomic E-state index is 10.9. The molecule has 1 aromatic carbocycles. The van der Waals surface area contributed by atoms with Crippen LogP contribution in [0.5, 0.6) is 0 Å². The maximum absolute atomic E-state index is 10.9. The van der Waals surface area contributed by atoms with Crippen molar-refractivity contribution in [1.82, 2.24) is 9.88 Å². The number of thioether (sulfide) groups is 1. The largest absolute Gasteiger partial charge is 0.385 e. The number of benzene rings is 1. The van der Waals surface area contributed by atoms with Gasteiger partial charge in [-0.2, -0.15) is 11.8 Å². The predicted octanol–water partition coefficient (Wildman–Crippen LogP) is 2.99. The van der Waals surface area contributed by atoms with Crippen molar-refractivity contribution in [1.29, 1.82) is 0 Å². The van der Waals surface area contributed by atoms with E-state index >= 15 is 0 Å². The molecule has 1 aromatic heterocycles. The Morgan fingerprint density at radius 2 is 2.05 bits per heavy atom. The number of H-pyrrole nitrogens is 1. The van der Waals surface area contributed by atoms with Crippen LogP contribution in [0.25, 0.3) is 10.9 Å². The lowest BCUT2D eigenvalue weighted by molar-refractivity contribution is 0.0282. The van der Waals surface area contributed by atoms with Crippen LogP contribution in [-0.4, -0.2) is 47.1 Å². The van der Waals surface area contributed by atoms with E-state index < -0.39 is 5.60 Å². The molecule has 0 bridgehead atoms. The van der Waals surface area contributed by atoms with Gasteiger partial charge in [0, 0.05) is 23.6 Å². The van der Waals surface area contributed by atoms with Gasteiger partial charge in [-0.05, 0) is 68.1 Å². The first kappa shape index (κ1) is 14.9. The molecule has 3 rings (SSSR count). The SMILES string of the molecule is CN(C)CCc1c[nH]c2ccc(C3(O)CCSCC3)cc12. The highest BCUT2D eigenvalue weighted by molar-refractivity contribution is 7.99. The predicted molar refractivity (Wildman–Crippen MR) is 91.0 cm³/mol. The molecule has 0 unspecified atom stereocenters. The normalized spacial score (nSPS) is 18.5. The Morgan fingerprint density at radius 3 is 2.76 bits per heavy atom. The fourth-order valence-electron chi connectivity index (χ4n) is 3.02. The van der Waals surface area contributed by atoms with Crippen LogP contribution in [0, 0.1) is 0 Å². The van der Waals surface area contributed by atoms with E-state index in [1.165, 1.54) is 16.5 Å². The highest BCUT2D eigenvalue weighted by atomic mass is 32.2. The lowest BCUT2D eigenvalue weighted by Crippen LogP contribution is -2.30. The number of likely N-dealkylation sites (N-methyl/N-ethyl adjacent to an activating group) is 1. The fourth-order valence-corrected chi connectivity index (χ4v) is 4.18. The second-order valence-corrected chi connectivity index (χ2v) is 7.50. The number of rotatable bonds is 4. The molecule has 1 aliphatic rings. The number of aliphatic hydroxyl groups is 1. The van der Waals surface area contributed by atoms with Crippen LogP contribution < -0.4 is 0 Å². The zero-order valence-electron chi connectivity index (χ0n) is 12.9. The average Bonchev–Trinajstić information content (AvgIpc) is 2.88. The third kappa shape index (κ3) is 3.12. The summed E-state index contributed by atoms with van der Waals surface area (Å²) in [5.74, 6) is 2.10. The summed E-state index contributed by atoms with van der Waals surface area (Å²) in [4.78, 5) is 5.55. The van der Waals surface area contributed by atoms with Crippen LogP contribution in [0.3, 0.4) is 0 Å². The van der Waals surface area contributed by atoms with Crippen LogP contribution in [0.15, 0.2) is 24.4 Å². The Balaban J connectivity index is 1.92. The molecule has 0 aliphatic carbocycles. The molecule has 4 heteroatoms. The van der Waals surface area contributed by atoms with E-state index in [9.17, 15) is 5.11 Å². The fraction of sp³-hybridized carbons (Fsp3) is 0.529. The molecular formula is C17H24N2OS. The smallest absolute Gasteiger partial charge is 0.0912 e. The molecule has 0 radical (unpaired) electrons. The minimum Gasteiger partial charge on any atom is -0.385 e. The molecule has 1 fully saturated rings. The van der Waals surface area contributed by atoms with Gasteiger partial charge in [0.25, 0.3) is 0 Å². The third-order valence-electron chi connectivity index (χ3n) is 4.45. The molecule has 2 heterocycles. The summed E-state index contributed by atoms with van der Waals surface area (Å²) >= 11 is 1.94. The summed E-state index contributed by atoms with van der Waals surface area (Å²) in [7, 11) is 4.20. The lowest BCUT2D eigenvalue weighted by Gasteiger charge is -2.32. The molecule has 0 saturated carbocycles. The van der Waals surface area contributed by atoms with Crippen molar-refractivity contribution in [2.75, 3.05) is 32.1 Å². The van der Waals surface area contributed by atoms with Crippen LogP contribution in [0.1, 0.15) is 24.0 Å². The lowest BCUT2D eigenvalue weighted by atomic mass is 9.87. The van der Waals surface area contributed by atoms with Crippen LogP contribution in [-0.2, 0) is 12.0 Å². The molecule has 114 valence electrons. The molecule has 0 atom stereocenters. The number of aromatic amines is 1. The van der Waals surface area contributed by atoms with Crippen molar-refractivity contribution in [3.8, 4) is 0 Å². The summed E-state index contributed by atoms with van der Waals surface area (Å²) in [6, 6.07) is 6.40. The highest BCUT2D eigenvalue weighted by Crippen LogP contribution is 2.37. The first-order valence-electron chi connectivity index (χ1n) is 7.64. The van der Waals surface area contributed by atoms with Crippen molar-refractivity contribution in [2.24, 2.45) is 0 Å². The zero-order valence-corrected chi connectivity index (χ0v) is 13.7. The highest BCUT2D eigenvalue weighted by Gasteiger charge is 2.31. The number of nitrogens with zero attached hydrogens (tertiary/aromatic N) is 1. The summed E-state index contributed by atoms with van der Waals surface area (Å²) in [5, 5.41) is 12.2. The number of hydrogen-bond acceptors (Lipinski definition) is 3. The first-order valence-corrected chi connectivity index (χ1v) is 8.79. The Hall–Kier alpha value is -0.970. The second kappa shape index (κ2) is 6.03. The molecule has 1 aliphatic heterocycles. The minimum atomic E-state index is -0.629. The quantitative estimate of drug-likeness (QED) is 0.912. The van der Waals surface area contributed by atoms with Crippen molar-refractivity contribution >= 4 is 22.7 Å². The van der Waals surface area contributed by atoms with Gasteiger partial charge in [0.2, 0.25) is 0 Å². The van der Waals surface area contributed by atoms with Gasteiger partial charge in [-0.15, -0.1) is 0 Å². The van der Waals surface area contributed by atoms with E-state index in [2.05, 4.69) is 48.4 Å². The van der Waals surface area contributed by atoms with Crippen LogP contribution >= 0.6 is 11.8 Å². The van der Waals surface area contributed by atoms with Gasteiger partial charge < -0.3 is 15.0 Å². The van der Waals surface area contributed by atoms with Crippen molar-refractivity contribution in [3.05, 3.63) is 35.5 Å². The summed E-state index contributed by atoms with van der Waals surface area (Å²) in [6.07, 6.45) is 4.87. The molecule has 1 saturated heterocycles. The van der Waals surface area contributed by atoms with E-state index in [0.29, 0.717) is 0 Å². The van der Waals surface area contributed by atoms with E-state index in [1.54, 1.807) is 0 Å². The number of nitrogens with one attached hydrogen (secondary N) is 1. The Bertz CT molecular complexity index is 614. The molecule has 2 N–H and O–H groups in total. The zero-order chi connectivity index (χ0) is 14.9. The molecule has 2 aromatic rings. The molecule has 0 spiro atoms. The molecule has 21 heavy (non-hydrogen) atoms. The first-order chi connectivity index (χ1) is 10.1. The van der Waals surface area contributed by atoms with Gasteiger partial charge >= 0.3 is 0 Å². The van der Waals surface area contributed by atoms with Crippen LogP contribution in [0.4, 0.5) is 0 Å². The van der Waals surface area contributed by atoms with E-state index in [-0.39, 0.29) is 0 Å². The summed E-state index contributed by atoms with van der Waals surface area (Å²) < 4.78 is 0. The molecule has 0 amide bonds. The van der Waals surface area contributed by atoms with Gasteiger partial charge in [0.05, 0.1) is 5.60 Å². The van der Waals surface area contributed by atoms with Gasteiger partial charge in [-0.1, -0.05) is 6.07 Å². The minimum absolute atomic E-state index is 0.629. The van der Waals surface area contributed by atoms with Crippen molar-refractivity contribution < 1.29 is 5.11 Å². The van der Waals surface area contributed by atoms with E-state index in [1.807, 2.05) is 11.8 Å². The second-order valence-electron chi connectivity index (χ2n) is 6.27. The maximum Gasteiger partial charge on any atom is 0.0912 e. The van der Waals surface area contributed by atoms with Gasteiger partial charge in [0.1, 0.15) is 0 Å². The summed E-state index contributed by atoms with van der Waals surface area (Å²) in [5.41, 5.74) is 2.96. The van der Waals surface area contributed by atoms with Gasteiger partial charge in [0.15, 0.2) is 0 Å². The standard InChI is InChI=1S/C17H24N2OS/c1-19(2)8-5-13-12-18-16-4-3-14(11-15(13)16)17(20)6-9-21-10-7-17/h3-4,11-12,18,20H,5-10H2,1-2H3. The van der Waals surface area contributed by atoms with Gasteiger partial charge in [-0.25, -0.2) is 0 Å². The van der Waals surface area contributed by atoms with Crippen molar-refractivity contribution in [3.63, 3.8) is 0 Å². The third-order valence-corrected chi connectivity index (χ3v) is 5.44. The van der Waals surface area contributed by atoms with E-state index in [0.717, 1.165) is 42.9 Å². The monoisotopic (exact) mass is 304 g/mol. The summed E-state index contributed by atoms with van der Waals surface area (Å²) in [6.45, 7) is 1.04. The molecular weight excluding hydrogens is 280 g/mol.